The van der Waals surface area contributed by atoms with Crippen molar-refractivity contribution in [2.75, 3.05) is 26.2 Å². The van der Waals surface area contributed by atoms with Gasteiger partial charge in [0.2, 0.25) is 10.0 Å². The van der Waals surface area contributed by atoms with Gasteiger partial charge in [-0.1, -0.05) is 0 Å². The molecule has 1 atom stereocenters. The summed E-state index contributed by atoms with van der Waals surface area (Å²) in [5.74, 6) is 5.38. The van der Waals surface area contributed by atoms with E-state index in [1.807, 2.05) is 0 Å². The normalized spacial score (nSPS) is 13.6. The SMILES string of the molecule is COCC(C)N(C)S(=O)(=O)c1cccnc1NN. The fourth-order valence-electron chi connectivity index (χ4n) is 1.45. The number of pyridine rings is 1. The number of rotatable bonds is 6. The molecule has 1 aromatic heterocycles. The lowest BCUT2D eigenvalue weighted by molar-refractivity contribution is 0.149. The molecule has 0 bridgehead atoms. The smallest absolute Gasteiger partial charge is 0.246 e. The van der Waals surface area contributed by atoms with E-state index in [4.69, 9.17) is 10.6 Å². The Bertz CT molecular complexity index is 492. The van der Waals surface area contributed by atoms with Crippen molar-refractivity contribution in [1.82, 2.24) is 9.29 Å². The first-order valence-electron chi connectivity index (χ1n) is 5.33. The maximum absolute atomic E-state index is 12.4. The van der Waals surface area contributed by atoms with Crippen molar-refractivity contribution in [3.63, 3.8) is 0 Å². The predicted molar refractivity (Wildman–Crippen MR) is 68.3 cm³/mol. The average molecular weight is 274 g/mol. The lowest BCUT2D eigenvalue weighted by Crippen LogP contribution is -2.38. The summed E-state index contributed by atoms with van der Waals surface area (Å²) in [5, 5.41) is 0. The fourth-order valence-corrected chi connectivity index (χ4v) is 2.90. The van der Waals surface area contributed by atoms with E-state index in [-0.39, 0.29) is 16.8 Å². The van der Waals surface area contributed by atoms with Gasteiger partial charge in [0, 0.05) is 26.4 Å². The number of hydrogen-bond acceptors (Lipinski definition) is 6. The van der Waals surface area contributed by atoms with Crippen LogP contribution < -0.4 is 11.3 Å². The second-order valence-corrected chi connectivity index (χ2v) is 5.79. The number of likely N-dealkylation sites (N-methyl/N-ethyl adjacent to an activating group) is 1. The Kier molecular flexibility index (Phi) is 5.03. The van der Waals surface area contributed by atoms with Crippen LogP contribution in [0.1, 0.15) is 6.92 Å². The molecule has 18 heavy (non-hydrogen) atoms. The minimum absolute atomic E-state index is 0.0398. The monoisotopic (exact) mass is 274 g/mol. The zero-order chi connectivity index (χ0) is 13.8. The Morgan fingerprint density at radius 1 is 1.61 bits per heavy atom. The molecule has 0 aliphatic carbocycles. The first-order chi connectivity index (χ1) is 8.45. The summed E-state index contributed by atoms with van der Waals surface area (Å²) in [4.78, 5) is 3.92. The fraction of sp³-hybridized carbons (Fsp3) is 0.500. The van der Waals surface area contributed by atoms with Crippen LogP contribution >= 0.6 is 0 Å². The molecular weight excluding hydrogens is 256 g/mol. The highest BCUT2D eigenvalue weighted by Crippen LogP contribution is 2.22. The Labute approximate surface area is 107 Å². The quantitative estimate of drug-likeness (QED) is 0.561. The van der Waals surface area contributed by atoms with Crippen molar-refractivity contribution in [1.29, 1.82) is 0 Å². The van der Waals surface area contributed by atoms with Crippen LogP contribution in [0.3, 0.4) is 0 Å². The van der Waals surface area contributed by atoms with Crippen LogP contribution in [0.5, 0.6) is 0 Å². The molecule has 1 heterocycles. The zero-order valence-corrected chi connectivity index (χ0v) is 11.4. The number of ether oxygens (including phenoxy) is 1. The molecule has 0 spiro atoms. The number of aromatic nitrogens is 1. The van der Waals surface area contributed by atoms with E-state index in [1.54, 1.807) is 13.0 Å². The maximum atomic E-state index is 12.4. The molecular formula is C10H18N4O3S. The summed E-state index contributed by atoms with van der Waals surface area (Å²) in [6.07, 6.45) is 1.47. The second kappa shape index (κ2) is 6.10. The Balaban J connectivity index is 3.13. The minimum Gasteiger partial charge on any atom is -0.383 e. The van der Waals surface area contributed by atoms with Crippen molar-refractivity contribution in [2.24, 2.45) is 5.84 Å². The van der Waals surface area contributed by atoms with Crippen molar-refractivity contribution in [3.05, 3.63) is 18.3 Å². The molecule has 0 amide bonds. The molecule has 0 aromatic carbocycles. The van der Waals surface area contributed by atoms with Gasteiger partial charge in [-0.05, 0) is 19.1 Å². The largest absolute Gasteiger partial charge is 0.383 e. The third-order valence-corrected chi connectivity index (χ3v) is 4.60. The number of hydrazine groups is 1. The van der Waals surface area contributed by atoms with Crippen molar-refractivity contribution >= 4 is 15.8 Å². The third-order valence-electron chi connectivity index (χ3n) is 2.59. The van der Waals surface area contributed by atoms with Gasteiger partial charge in [0.25, 0.3) is 0 Å². The maximum Gasteiger partial charge on any atom is 0.246 e. The van der Waals surface area contributed by atoms with Crippen molar-refractivity contribution in [3.8, 4) is 0 Å². The molecule has 3 N–H and O–H groups in total. The lowest BCUT2D eigenvalue weighted by Gasteiger charge is -2.24. The second-order valence-electron chi connectivity index (χ2n) is 3.82. The standard InChI is InChI=1S/C10H18N4O3S/c1-8(7-17-3)14(2)18(15,16)9-5-4-6-12-10(9)13-11/h4-6,8H,7,11H2,1-3H3,(H,12,13). The van der Waals surface area contributed by atoms with Gasteiger partial charge in [0.05, 0.1) is 6.61 Å². The van der Waals surface area contributed by atoms with Crippen LogP contribution in [-0.2, 0) is 14.8 Å². The van der Waals surface area contributed by atoms with E-state index in [1.165, 1.54) is 30.7 Å². The van der Waals surface area contributed by atoms with Gasteiger partial charge in [-0.3, -0.25) is 0 Å². The van der Waals surface area contributed by atoms with Crippen LogP contribution in [0, 0.1) is 0 Å². The van der Waals surface area contributed by atoms with Crippen molar-refractivity contribution in [2.45, 2.75) is 17.9 Å². The van der Waals surface area contributed by atoms with E-state index in [9.17, 15) is 8.42 Å². The summed E-state index contributed by atoms with van der Waals surface area (Å²) in [6.45, 7) is 2.06. The molecule has 0 fully saturated rings. The van der Waals surface area contributed by atoms with E-state index in [0.717, 1.165) is 0 Å². The molecule has 0 saturated heterocycles. The number of nitrogens with one attached hydrogen (secondary N) is 1. The van der Waals surface area contributed by atoms with Crippen LogP contribution in [-0.4, -0.2) is 44.5 Å². The molecule has 0 radical (unpaired) electrons. The predicted octanol–water partition coefficient (Wildman–Crippen LogP) is 0.0226. The average Bonchev–Trinajstić information content (AvgIpc) is 2.38. The number of sulfonamides is 1. The van der Waals surface area contributed by atoms with E-state index < -0.39 is 10.0 Å². The number of nitrogen functional groups attached to an aromatic ring is 1. The summed E-state index contributed by atoms with van der Waals surface area (Å²) >= 11 is 0. The lowest BCUT2D eigenvalue weighted by atomic mass is 10.4. The van der Waals surface area contributed by atoms with Gasteiger partial charge in [0.1, 0.15) is 4.90 Å². The molecule has 1 aromatic rings. The van der Waals surface area contributed by atoms with E-state index in [2.05, 4.69) is 10.4 Å². The topological polar surface area (TPSA) is 97.5 Å². The van der Waals surface area contributed by atoms with Gasteiger partial charge < -0.3 is 10.2 Å². The van der Waals surface area contributed by atoms with Crippen LogP contribution in [0.2, 0.25) is 0 Å². The minimum atomic E-state index is -3.65. The number of nitrogens with zero attached hydrogens (tertiary/aromatic N) is 2. The number of methoxy groups -OCH3 is 1. The van der Waals surface area contributed by atoms with Gasteiger partial charge >= 0.3 is 0 Å². The van der Waals surface area contributed by atoms with Gasteiger partial charge in [0.15, 0.2) is 5.82 Å². The van der Waals surface area contributed by atoms with Crippen LogP contribution in [0.25, 0.3) is 0 Å². The molecule has 7 nitrogen and oxygen atoms in total. The Morgan fingerprint density at radius 3 is 2.83 bits per heavy atom. The van der Waals surface area contributed by atoms with Crippen molar-refractivity contribution < 1.29 is 13.2 Å². The van der Waals surface area contributed by atoms with E-state index in [0.29, 0.717) is 6.61 Å². The molecule has 0 aliphatic heterocycles. The van der Waals surface area contributed by atoms with Crippen LogP contribution in [0.15, 0.2) is 23.2 Å². The molecule has 8 heteroatoms. The highest BCUT2D eigenvalue weighted by atomic mass is 32.2. The summed E-state index contributed by atoms with van der Waals surface area (Å²) < 4.78 is 30.9. The summed E-state index contributed by atoms with van der Waals surface area (Å²) in [5.41, 5.74) is 2.28. The summed E-state index contributed by atoms with van der Waals surface area (Å²) in [7, 11) is -0.641. The highest BCUT2D eigenvalue weighted by Gasteiger charge is 2.28. The molecule has 0 saturated carbocycles. The molecule has 102 valence electrons. The molecule has 1 unspecified atom stereocenters. The van der Waals surface area contributed by atoms with Gasteiger partial charge in [-0.2, -0.15) is 4.31 Å². The number of hydrogen-bond donors (Lipinski definition) is 2. The first kappa shape index (κ1) is 14.8. The van der Waals surface area contributed by atoms with Gasteiger partial charge in [-0.15, -0.1) is 0 Å². The Hall–Kier alpha value is -1.22. The molecule has 1 rings (SSSR count). The third kappa shape index (κ3) is 2.96. The first-order valence-corrected chi connectivity index (χ1v) is 6.77. The summed E-state index contributed by atoms with van der Waals surface area (Å²) in [6, 6.07) is 2.71. The van der Waals surface area contributed by atoms with Gasteiger partial charge in [-0.25, -0.2) is 19.2 Å². The number of nitrogens with two attached hydrogens (primary N) is 1. The zero-order valence-electron chi connectivity index (χ0n) is 10.6. The number of anilines is 1. The van der Waals surface area contributed by atoms with Crippen LogP contribution in [0.4, 0.5) is 5.82 Å². The Morgan fingerprint density at radius 2 is 2.28 bits per heavy atom. The van der Waals surface area contributed by atoms with E-state index >= 15 is 0 Å². The highest BCUT2D eigenvalue weighted by molar-refractivity contribution is 7.89. The molecule has 0 aliphatic rings.